The Morgan fingerprint density at radius 1 is 1.15 bits per heavy atom. The molecule has 140 valence electrons. The SMILES string of the molecule is CC(C)c1cc(=O)n(CC2CCN(Cc3nccc(=O)n3C)CC2)cn1. The number of likely N-dealkylation sites (tertiary alicyclic amines) is 1. The summed E-state index contributed by atoms with van der Waals surface area (Å²) in [6.07, 6.45) is 5.32. The van der Waals surface area contributed by atoms with Gasteiger partial charge in [-0.25, -0.2) is 9.97 Å². The van der Waals surface area contributed by atoms with Gasteiger partial charge in [-0.05, 0) is 37.8 Å². The summed E-state index contributed by atoms with van der Waals surface area (Å²) < 4.78 is 3.34. The van der Waals surface area contributed by atoms with E-state index in [0.29, 0.717) is 12.5 Å². The number of hydrogen-bond acceptors (Lipinski definition) is 5. The molecule has 0 amide bonds. The molecule has 1 aliphatic heterocycles. The van der Waals surface area contributed by atoms with Gasteiger partial charge in [-0.3, -0.25) is 23.6 Å². The van der Waals surface area contributed by atoms with Crippen LogP contribution in [0.2, 0.25) is 0 Å². The average molecular weight is 357 g/mol. The highest BCUT2D eigenvalue weighted by Gasteiger charge is 2.21. The first-order valence-corrected chi connectivity index (χ1v) is 9.23. The number of piperidine rings is 1. The van der Waals surface area contributed by atoms with Crippen molar-refractivity contribution < 1.29 is 0 Å². The Hall–Kier alpha value is -2.28. The van der Waals surface area contributed by atoms with Crippen molar-refractivity contribution in [2.75, 3.05) is 13.1 Å². The van der Waals surface area contributed by atoms with Crippen LogP contribution in [-0.4, -0.2) is 37.1 Å². The Labute approximate surface area is 153 Å². The molecular formula is C19H27N5O2. The summed E-state index contributed by atoms with van der Waals surface area (Å²) in [5.74, 6) is 1.53. The maximum atomic E-state index is 12.3. The van der Waals surface area contributed by atoms with Crippen LogP contribution in [0.5, 0.6) is 0 Å². The van der Waals surface area contributed by atoms with Crippen molar-refractivity contribution in [2.45, 2.75) is 45.7 Å². The van der Waals surface area contributed by atoms with Gasteiger partial charge in [0.15, 0.2) is 0 Å². The van der Waals surface area contributed by atoms with Crippen molar-refractivity contribution >= 4 is 0 Å². The summed E-state index contributed by atoms with van der Waals surface area (Å²) in [4.78, 5) is 35.0. The number of hydrogen-bond donors (Lipinski definition) is 0. The molecule has 7 nitrogen and oxygen atoms in total. The number of aromatic nitrogens is 4. The Morgan fingerprint density at radius 3 is 2.54 bits per heavy atom. The third-order valence-electron chi connectivity index (χ3n) is 5.18. The molecule has 0 bridgehead atoms. The molecule has 1 aliphatic rings. The van der Waals surface area contributed by atoms with Gasteiger partial charge in [-0.2, -0.15) is 0 Å². The molecule has 2 aromatic heterocycles. The second kappa shape index (κ2) is 7.95. The summed E-state index contributed by atoms with van der Waals surface area (Å²) in [6, 6.07) is 3.13. The van der Waals surface area contributed by atoms with E-state index in [-0.39, 0.29) is 17.0 Å². The minimum absolute atomic E-state index is 0.0263. The molecule has 0 saturated carbocycles. The minimum atomic E-state index is -0.0263. The molecule has 1 fully saturated rings. The van der Waals surface area contributed by atoms with Gasteiger partial charge in [-0.1, -0.05) is 13.8 Å². The molecule has 0 radical (unpaired) electrons. The van der Waals surface area contributed by atoms with E-state index in [4.69, 9.17) is 0 Å². The first-order valence-electron chi connectivity index (χ1n) is 9.23. The fourth-order valence-electron chi connectivity index (χ4n) is 3.36. The normalized spacial score (nSPS) is 16.3. The van der Waals surface area contributed by atoms with Gasteiger partial charge in [0.05, 0.1) is 18.6 Å². The van der Waals surface area contributed by atoms with Crippen molar-refractivity contribution in [3.05, 3.63) is 56.9 Å². The molecule has 26 heavy (non-hydrogen) atoms. The quantitative estimate of drug-likeness (QED) is 0.808. The van der Waals surface area contributed by atoms with Crippen molar-refractivity contribution in [3.63, 3.8) is 0 Å². The fourth-order valence-corrected chi connectivity index (χ4v) is 3.36. The van der Waals surface area contributed by atoms with Gasteiger partial charge in [-0.15, -0.1) is 0 Å². The zero-order valence-corrected chi connectivity index (χ0v) is 15.8. The van der Waals surface area contributed by atoms with Crippen LogP contribution in [-0.2, 0) is 20.1 Å². The van der Waals surface area contributed by atoms with E-state index < -0.39 is 0 Å². The van der Waals surface area contributed by atoms with E-state index in [1.165, 1.54) is 6.07 Å². The van der Waals surface area contributed by atoms with Crippen molar-refractivity contribution in [3.8, 4) is 0 Å². The van der Waals surface area contributed by atoms with E-state index in [1.54, 1.807) is 34.8 Å². The summed E-state index contributed by atoms with van der Waals surface area (Å²) in [7, 11) is 1.76. The maximum Gasteiger partial charge on any atom is 0.253 e. The van der Waals surface area contributed by atoms with Crippen LogP contribution in [0.3, 0.4) is 0 Å². The topological polar surface area (TPSA) is 73.0 Å². The predicted molar refractivity (Wildman–Crippen MR) is 100 cm³/mol. The van der Waals surface area contributed by atoms with Gasteiger partial charge in [0.2, 0.25) is 0 Å². The standard InChI is InChI=1S/C19H27N5O2/c1-14(2)16-10-19(26)24(13-21-16)11-15-5-8-23(9-6-15)12-17-20-7-4-18(25)22(17)3/h4,7,10,13-15H,5-6,8-9,11-12H2,1-3H3. The van der Waals surface area contributed by atoms with Crippen LogP contribution >= 0.6 is 0 Å². The van der Waals surface area contributed by atoms with Crippen molar-refractivity contribution in [1.29, 1.82) is 0 Å². The zero-order valence-electron chi connectivity index (χ0n) is 15.8. The van der Waals surface area contributed by atoms with Crippen LogP contribution in [0.1, 0.15) is 44.1 Å². The lowest BCUT2D eigenvalue weighted by Crippen LogP contribution is -2.37. The molecule has 1 saturated heterocycles. The van der Waals surface area contributed by atoms with Crippen molar-refractivity contribution in [1.82, 2.24) is 24.0 Å². The van der Waals surface area contributed by atoms with Gasteiger partial charge in [0.25, 0.3) is 11.1 Å². The number of rotatable bonds is 5. The Kier molecular flexibility index (Phi) is 5.66. The lowest BCUT2D eigenvalue weighted by atomic mass is 9.96. The van der Waals surface area contributed by atoms with E-state index >= 15 is 0 Å². The minimum Gasteiger partial charge on any atom is -0.299 e. The highest BCUT2D eigenvalue weighted by molar-refractivity contribution is 5.04. The highest BCUT2D eigenvalue weighted by Crippen LogP contribution is 2.19. The van der Waals surface area contributed by atoms with Gasteiger partial charge in [0, 0.05) is 31.9 Å². The van der Waals surface area contributed by atoms with E-state index in [2.05, 4.69) is 14.9 Å². The predicted octanol–water partition coefficient (Wildman–Crippen LogP) is 1.37. The molecular weight excluding hydrogens is 330 g/mol. The second-order valence-corrected chi connectivity index (χ2v) is 7.44. The Bertz CT molecular complexity index is 863. The van der Waals surface area contributed by atoms with Crippen LogP contribution in [0.4, 0.5) is 0 Å². The molecule has 2 aromatic rings. The molecule has 7 heteroatoms. The second-order valence-electron chi connectivity index (χ2n) is 7.44. The van der Waals surface area contributed by atoms with E-state index in [9.17, 15) is 9.59 Å². The van der Waals surface area contributed by atoms with Gasteiger partial charge < -0.3 is 0 Å². The first kappa shape index (κ1) is 18.5. The highest BCUT2D eigenvalue weighted by atomic mass is 16.1. The molecule has 0 aromatic carbocycles. The van der Waals surface area contributed by atoms with E-state index in [0.717, 1.165) is 44.0 Å². The molecule has 3 heterocycles. The molecule has 0 atom stereocenters. The molecule has 0 spiro atoms. The summed E-state index contributed by atoms with van der Waals surface area (Å²) in [5, 5.41) is 0. The van der Waals surface area contributed by atoms with Crippen LogP contribution in [0, 0.1) is 5.92 Å². The molecule has 3 rings (SSSR count). The van der Waals surface area contributed by atoms with E-state index in [1.807, 2.05) is 13.8 Å². The molecule has 0 N–H and O–H groups in total. The van der Waals surface area contributed by atoms with Gasteiger partial charge >= 0.3 is 0 Å². The van der Waals surface area contributed by atoms with Crippen LogP contribution in [0.25, 0.3) is 0 Å². The lowest BCUT2D eigenvalue weighted by molar-refractivity contribution is 0.161. The van der Waals surface area contributed by atoms with Gasteiger partial charge in [0.1, 0.15) is 5.82 Å². The lowest BCUT2D eigenvalue weighted by Gasteiger charge is -2.32. The maximum absolute atomic E-state index is 12.3. The summed E-state index contributed by atoms with van der Waals surface area (Å²) in [6.45, 7) is 7.38. The smallest absolute Gasteiger partial charge is 0.253 e. The Balaban J connectivity index is 1.56. The average Bonchev–Trinajstić information content (AvgIpc) is 2.62. The van der Waals surface area contributed by atoms with Crippen molar-refractivity contribution in [2.24, 2.45) is 13.0 Å². The Morgan fingerprint density at radius 2 is 1.88 bits per heavy atom. The molecule has 0 aliphatic carbocycles. The first-order chi connectivity index (χ1) is 12.4. The van der Waals surface area contributed by atoms with Crippen LogP contribution < -0.4 is 11.1 Å². The third kappa shape index (κ3) is 4.27. The third-order valence-corrected chi connectivity index (χ3v) is 5.18. The summed E-state index contributed by atoms with van der Waals surface area (Å²) in [5.41, 5.74) is 0.860. The fraction of sp³-hybridized carbons (Fsp3) is 0.579. The largest absolute Gasteiger partial charge is 0.299 e. The monoisotopic (exact) mass is 357 g/mol. The summed E-state index contributed by atoms with van der Waals surface area (Å²) >= 11 is 0. The number of nitrogens with zero attached hydrogens (tertiary/aromatic N) is 5. The van der Waals surface area contributed by atoms with Crippen LogP contribution in [0.15, 0.2) is 34.2 Å². The zero-order chi connectivity index (χ0) is 18.7. The molecule has 0 unspecified atom stereocenters.